The van der Waals surface area contributed by atoms with E-state index in [0.717, 1.165) is 0 Å². The number of nitrogens with zero attached hydrogens (tertiary/aromatic N) is 1. The number of aliphatic hydroxyl groups excluding tert-OH is 1. The minimum absolute atomic E-state index is 0.0187. The summed E-state index contributed by atoms with van der Waals surface area (Å²) in [7, 11) is 1.30. The number of ketones is 1. The third-order valence-corrected chi connectivity index (χ3v) is 4.02. The van der Waals surface area contributed by atoms with Gasteiger partial charge in [0.05, 0.1) is 12.5 Å². The molecule has 22 heavy (non-hydrogen) atoms. The number of unbranched alkanes of at least 4 members (excludes halogenated alkanes) is 1. The summed E-state index contributed by atoms with van der Waals surface area (Å²) in [5.74, 6) is -0.583. The largest absolute Gasteiger partial charge is 0.512 e. The fraction of sp³-hybridized carbons (Fsp3) is 0.688. The molecule has 0 bridgehead atoms. The van der Waals surface area contributed by atoms with Crippen molar-refractivity contribution in [1.82, 2.24) is 0 Å². The highest BCUT2D eigenvalue weighted by Gasteiger charge is 2.45. The molecule has 0 aliphatic heterocycles. The van der Waals surface area contributed by atoms with Crippen LogP contribution in [0.15, 0.2) is 16.5 Å². The van der Waals surface area contributed by atoms with Crippen LogP contribution >= 0.6 is 0 Å². The molecule has 0 amide bonds. The van der Waals surface area contributed by atoms with E-state index in [1.54, 1.807) is 6.21 Å². The Balaban J connectivity index is 2.69. The number of methoxy groups -OCH3 is 1. The SMILES string of the molecule is CCON=CCCCC1=C(O)CC(CC)(C(=O)OC)CC1=O. The second kappa shape index (κ2) is 8.56. The van der Waals surface area contributed by atoms with E-state index in [4.69, 9.17) is 9.57 Å². The van der Waals surface area contributed by atoms with Gasteiger partial charge in [0, 0.05) is 24.6 Å². The van der Waals surface area contributed by atoms with Gasteiger partial charge in [0.25, 0.3) is 0 Å². The zero-order valence-corrected chi connectivity index (χ0v) is 13.6. The lowest BCUT2D eigenvalue weighted by molar-refractivity contribution is -0.156. The average Bonchev–Trinajstić information content (AvgIpc) is 2.51. The van der Waals surface area contributed by atoms with Crippen molar-refractivity contribution in [2.45, 2.75) is 52.4 Å². The van der Waals surface area contributed by atoms with E-state index >= 15 is 0 Å². The highest BCUT2D eigenvalue weighted by Crippen LogP contribution is 2.41. The topological polar surface area (TPSA) is 85.2 Å². The molecule has 0 aromatic carbocycles. The molecule has 0 fully saturated rings. The Morgan fingerprint density at radius 1 is 1.41 bits per heavy atom. The minimum atomic E-state index is -0.921. The molecule has 0 spiro atoms. The Morgan fingerprint density at radius 3 is 2.68 bits per heavy atom. The third kappa shape index (κ3) is 4.32. The summed E-state index contributed by atoms with van der Waals surface area (Å²) in [6.45, 7) is 4.20. The van der Waals surface area contributed by atoms with Crippen LogP contribution in [0, 0.1) is 5.41 Å². The van der Waals surface area contributed by atoms with Crippen LogP contribution < -0.4 is 0 Å². The van der Waals surface area contributed by atoms with Crippen LogP contribution in [0.2, 0.25) is 0 Å². The maximum Gasteiger partial charge on any atom is 0.312 e. The smallest absolute Gasteiger partial charge is 0.312 e. The monoisotopic (exact) mass is 311 g/mol. The number of aliphatic hydroxyl groups is 1. The highest BCUT2D eigenvalue weighted by molar-refractivity contribution is 6.00. The average molecular weight is 311 g/mol. The second-order valence-corrected chi connectivity index (χ2v) is 5.43. The number of rotatable bonds is 8. The lowest BCUT2D eigenvalue weighted by Gasteiger charge is -2.33. The Morgan fingerprint density at radius 2 is 2.14 bits per heavy atom. The van der Waals surface area contributed by atoms with Crippen LogP contribution in [0.5, 0.6) is 0 Å². The Labute approximate surface area is 131 Å². The predicted octanol–water partition coefficient (Wildman–Crippen LogP) is 2.92. The van der Waals surface area contributed by atoms with Crippen LogP contribution in [-0.4, -0.2) is 36.8 Å². The van der Waals surface area contributed by atoms with Crippen molar-refractivity contribution in [1.29, 1.82) is 0 Å². The van der Waals surface area contributed by atoms with Crippen molar-refractivity contribution >= 4 is 18.0 Å². The van der Waals surface area contributed by atoms with Crippen molar-refractivity contribution in [3.63, 3.8) is 0 Å². The van der Waals surface area contributed by atoms with E-state index in [0.29, 0.717) is 37.9 Å². The van der Waals surface area contributed by atoms with Crippen molar-refractivity contribution in [2.75, 3.05) is 13.7 Å². The molecule has 6 nitrogen and oxygen atoms in total. The molecule has 1 aliphatic carbocycles. The number of hydrogen-bond donors (Lipinski definition) is 1. The summed E-state index contributed by atoms with van der Waals surface area (Å²) in [4.78, 5) is 29.1. The molecular weight excluding hydrogens is 286 g/mol. The number of carbonyl (C=O) groups excluding carboxylic acids is 2. The van der Waals surface area contributed by atoms with E-state index < -0.39 is 11.4 Å². The number of Topliss-reactive ketones (excluding diaryl/α,β-unsaturated/α-hetero) is 1. The van der Waals surface area contributed by atoms with Gasteiger partial charge in [-0.05, 0) is 32.6 Å². The predicted molar refractivity (Wildman–Crippen MR) is 82.6 cm³/mol. The first-order valence-corrected chi connectivity index (χ1v) is 7.67. The standard InChI is InChI=1S/C16H25NO5/c1-4-16(15(20)21-3)10-13(18)12(14(19)11-16)8-6-7-9-17-22-5-2/h9,18H,4-8,10-11H2,1-3H3. The normalized spacial score (nSPS) is 22.2. The van der Waals surface area contributed by atoms with E-state index in [1.165, 1.54) is 7.11 Å². The van der Waals surface area contributed by atoms with E-state index in [9.17, 15) is 14.7 Å². The quantitative estimate of drug-likeness (QED) is 0.322. The van der Waals surface area contributed by atoms with Gasteiger partial charge in [0.15, 0.2) is 5.78 Å². The first-order chi connectivity index (χ1) is 10.5. The highest BCUT2D eigenvalue weighted by atomic mass is 16.6. The number of ether oxygens (including phenoxy) is 1. The molecule has 0 heterocycles. The lowest BCUT2D eigenvalue weighted by Crippen LogP contribution is -2.38. The van der Waals surface area contributed by atoms with Gasteiger partial charge >= 0.3 is 5.97 Å². The maximum absolute atomic E-state index is 12.3. The van der Waals surface area contributed by atoms with Gasteiger partial charge in [-0.3, -0.25) is 9.59 Å². The van der Waals surface area contributed by atoms with E-state index in [2.05, 4.69) is 5.16 Å². The molecule has 1 N–H and O–H groups in total. The number of allylic oxidation sites excluding steroid dienone is 2. The maximum atomic E-state index is 12.3. The molecule has 0 aromatic heterocycles. The lowest BCUT2D eigenvalue weighted by atomic mass is 9.71. The number of oxime groups is 1. The van der Waals surface area contributed by atoms with Crippen molar-refractivity contribution in [2.24, 2.45) is 10.6 Å². The first-order valence-electron chi connectivity index (χ1n) is 7.67. The molecule has 0 saturated carbocycles. The van der Waals surface area contributed by atoms with Crippen LogP contribution in [-0.2, 0) is 19.2 Å². The first kappa shape index (κ1) is 18.2. The van der Waals surface area contributed by atoms with Crippen molar-refractivity contribution in [3.8, 4) is 0 Å². The van der Waals surface area contributed by atoms with Crippen molar-refractivity contribution < 1.29 is 24.3 Å². The van der Waals surface area contributed by atoms with Crippen molar-refractivity contribution in [3.05, 3.63) is 11.3 Å². The zero-order valence-electron chi connectivity index (χ0n) is 13.6. The van der Waals surface area contributed by atoms with Gasteiger partial charge in [0.2, 0.25) is 0 Å². The fourth-order valence-corrected chi connectivity index (χ4v) is 2.65. The Bertz CT molecular complexity index is 469. The van der Waals surface area contributed by atoms with Gasteiger partial charge in [-0.25, -0.2) is 0 Å². The van der Waals surface area contributed by atoms with Gasteiger partial charge in [-0.1, -0.05) is 12.1 Å². The van der Waals surface area contributed by atoms with Crippen LogP contribution in [0.1, 0.15) is 52.4 Å². The van der Waals surface area contributed by atoms with E-state index in [1.807, 2.05) is 13.8 Å². The number of hydrogen-bond acceptors (Lipinski definition) is 6. The molecule has 1 rings (SSSR count). The van der Waals surface area contributed by atoms with Gasteiger partial charge in [0.1, 0.15) is 12.4 Å². The van der Waals surface area contributed by atoms with E-state index in [-0.39, 0.29) is 24.4 Å². The molecule has 1 aliphatic rings. The van der Waals surface area contributed by atoms with Gasteiger partial charge in [-0.15, -0.1) is 0 Å². The molecule has 1 atom stereocenters. The molecule has 0 saturated heterocycles. The molecule has 0 aromatic rings. The molecule has 6 heteroatoms. The van der Waals surface area contributed by atoms with Gasteiger partial charge < -0.3 is 14.7 Å². The molecular formula is C16H25NO5. The summed E-state index contributed by atoms with van der Waals surface area (Å²) in [6.07, 6.45) is 4.22. The molecule has 124 valence electrons. The summed E-state index contributed by atoms with van der Waals surface area (Å²) < 4.78 is 4.80. The summed E-state index contributed by atoms with van der Waals surface area (Å²) in [5.41, 5.74) is -0.492. The third-order valence-electron chi connectivity index (χ3n) is 4.02. The summed E-state index contributed by atoms with van der Waals surface area (Å²) >= 11 is 0. The van der Waals surface area contributed by atoms with Gasteiger partial charge in [-0.2, -0.15) is 0 Å². The number of esters is 1. The van der Waals surface area contributed by atoms with Crippen LogP contribution in [0.25, 0.3) is 0 Å². The Kier molecular flexibility index (Phi) is 7.08. The fourth-order valence-electron chi connectivity index (χ4n) is 2.65. The zero-order chi connectivity index (χ0) is 16.6. The summed E-state index contributed by atoms with van der Waals surface area (Å²) in [6, 6.07) is 0. The number of carbonyl (C=O) groups is 2. The summed E-state index contributed by atoms with van der Waals surface area (Å²) in [5, 5.41) is 13.9. The van der Waals surface area contributed by atoms with Crippen LogP contribution in [0.3, 0.4) is 0 Å². The van der Waals surface area contributed by atoms with Crippen LogP contribution in [0.4, 0.5) is 0 Å². The minimum Gasteiger partial charge on any atom is -0.512 e. The second-order valence-electron chi connectivity index (χ2n) is 5.43. The molecule has 0 radical (unpaired) electrons. The molecule has 1 unspecified atom stereocenters. The Hall–Kier alpha value is -1.85.